The van der Waals surface area contributed by atoms with Crippen LogP contribution in [0.2, 0.25) is 0 Å². The smallest absolute Gasteiger partial charge is 0.240 e. The lowest BCUT2D eigenvalue weighted by Gasteiger charge is -2.44. The molecule has 23 heavy (non-hydrogen) atoms. The minimum absolute atomic E-state index is 0.0614. The van der Waals surface area contributed by atoms with Crippen molar-refractivity contribution >= 4 is 5.91 Å². The molecule has 4 rings (SSSR count). The van der Waals surface area contributed by atoms with Crippen LogP contribution >= 0.6 is 0 Å². The molecule has 3 nitrogen and oxygen atoms in total. The Bertz CT molecular complexity index is 559. The van der Waals surface area contributed by atoms with Crippen LogP contribution in [-0.2, 0) is 11.2 Å². The normalized spacial score (nSPS) is 28.6. The summed E-state index contributed by atoms with van der Waals surface area (Å²) in [4.78, 5) is 15.4. The summed E-state index contributed by atoms with van der Waals surface area (Å²) < 4.78 is 0. The molecule has 1 saturated carbocycles. The maximum Gasteiger partial charge on any atom is 0.240 e. The highest BCUT2D eigenvalue weighted by atomic mass is 16.2. The average Bonchev–Trinajstić information content (AvgIpc) is 3.15. The molecule has 1 aromatic rings. The van der Waals surface area contributed by atoms with Crippen molar-refractivity contribution in [3.05, 3.63) is 35.4 Å². The van der Waals surface area contributed by atoms with Gasteiger partial charge in [0, 0.05) is 6.54 Å². The zero-order valence-electron chi connectivity index (χ0n) is 14.0. The van der Waals surface area contributed by atoms with Crippen molar-refractivity contribution in [2.75, 3.05) is 13.1 Å². The number of rotatable bonds is 2. The Balaban J connectivity index is 1.65. The summed E-state index contributed by atoms with van der Waals surface area (Å²) >= 11 is 0. The van der Waals surface area contributed by atoms with Crippen molar-refractivity contribution in [2.24, 2.45) is 5.92 Å². The molecule has 0 spiro atoms. The van der Waals surface area contributed by atoms with Gasteiger partial charge in [0.25, 0.3) is 0 Å². The molecule has 1 aromatic carbocycles. The van der Waals surface area contributed by atoms with E-state index in [1.807, 2.05) is 0 Å². The molecule has 2 fully saturated rings. The number of nitrogens with one attached hydrogen (secondary N) is 1. The molecule has 3 heteroatoms. The van der Waals surface area contributed by atoms with Gasteiger partial charge in [-0.1, -0.05) is 43.5 Å². The second kappa shape index (κ2) is 6.64. The van der Waals surface area contributed by atoms with E-state index < -0.39 is 0 Å². The SMILES string of the molecule is O=C([C@@H]1CCCN1)N1CCc2ccccc2C1C1CCCCC1. The molecule has 2 atom stereocenters. The predicted octanol–water partition coefficient (Wildman–Crippen LogP) is 3.44. The van der Waals surface area contributed by atoms with Crippen molar-refractivity contribution < 1.29 is 4.79 Å². The first kappa shape index (κ1) is 15.2. The van der Waals surface area contributed by atoms with Crippen LogP contribution < -0.4 is 5.32 Å². The summed E-state index contributed by atoms with van der Waals surface area (Å²) in [6.07, 6.45) is 9.73. The van der Waals surface area contributed by atoms with E-state index >= 15 is 0 Å². The Hall–Kier alpha value is -1.35. The van der Waals surface area contributed by atoms with Crippen LogP contribution in [0.3, 0.4) is 0 Å². The van der Waals surface area contributed by atoms with Crippen molar-refractivity contribution in [2.45, 2.75) is 63.5 Å². The second-order valence-electron chi connectivity index (χ2n) is 7.47. The standard InChI is InChI=1S/C20H28N2O/c23-20(18-11-6-13-21-18)22-14-12-15-7-4-5-10-17(15)19(22)16-8-2-1-3-9-16/h4-5,7,10,16,18-19,21H,1-3,6,8-9,11-14H2/t18-,19?/m0/s1. The molecule has 1 N–H and O–H groups in total. The summed E-state index contributed by atoms with van der Waals surface area (Å²) in [5.74, 6) is 1.00. The highest BCUT2D eigenvalue weighted by molar-refractivity contribution is 5.83. The maximum atomic E-state index is 13.1. The van der Waals surface area contributed by atoms with Crippen molar-refractivity contribution in [1.29, 1.82) is 0 Å². The Labute approximate surface area is 139 Å². The van der Waals surface area contributed by atoms with E-state index in [4.69, 9.17) is 0 Å². The number of carbonyl (C=O) groups is 1. The van der Waals surface area contributed by atoms with Gasteiger partial charge >= 0.3 is 0 Å². The number of nitrogens with zero attached hydrogens (tertiary/aromatic N) is 1. The first-order valence-electron chi connectivity index (χ1n) is 9.46. The van der Waals surface area contributed by atoms with Gasteiger partial charge in [-0.25, -0.2) is 0 Å². The lowest BCUT2D eigenvalue weighted by Crippen LogP contribution is -2.50. The highest BCUT2D eigenvalue weighted by Crippen LogP contribution is 2.42. The Morgan fingerprint density at radius 1 is 1.04 bits per heavy atom. The van der Waals surface area contributed by atoms with Gasteiger partial charge in [-0.3, -0.25) is 4.79 Å². The molecule has 1 unspecified atom stereocenters. The van der Waals surface area contributed by atoms with E-state index in [1.165, 1.54) is 43.2 Å². The monoisotopic (exact) mass is 312 g/mol. The van der Waals surface area contributed by atoms with E-state index in [9.17, 15) is 4.79 Å². The third kappa shape index (κ3) is 2.91. The van der Waals surface area contributed by atoms with E-state index in [0.717, 1.165) is 32.4 Å². The first-order valence-corrected chi connectivity index (χ1v) is 9.46. The Morgan fingerprint density at radius 2 is 1.87 bits per heavy atom. The molecule has 0 radical (unpaired) electrons. The van der Waals surface area contributed by atoms with E-state index in [1.54, 1.807) is 0 Å². The van der Waals surface area contributed by atoms with Crippen molar-refractivity contribution in [3.8, 4) is 0 Å². The van der Waals surface area contributed by atoms with Gasteiger partial charge in [-0.15, -0.1) is 0 Å². The van der Waals surface area contributed by atoms with Gasteiger partial charge in [0.1, 0.15) is 0 Å². The van der Waals surface area contributed by atoms with E-state index in [-0.39, 0.29) is 6.04 Å². The van der Waals surface area contributed by atoms with Gasteiger partial charge in [-0.2, -0.15) is 0 Å². The molecule has 0 aromatic heterocycles. The Morgan fingerprint density at radius 3 is 2.65 bits per heavy atom. The van der Waals surface area contributed by atoms with Crippen molar-refractivity contribution in [3.63, 3.8) is 0 Å². The minimum atomic E-state index is 0.0614. The largest absolute Gasteiger partial charge is 0.334 e. The summed E-state index contributed by atoms with van der Waals surface area (Å²) in [5.41, 5.74) is 2.89. The third-order valence-electron chi connectivity index (χ3n) is 6.07. The van der Waals surface area contributed by atoms with Gasteiger partial charge in [0.2, 0.25) is 5.91 Å². The fourth-order valence-electron chi connectivity index (χ4n) is 4.90. The zero-order valence-corrected chi connectivity index (χ0v) is 14.0. The fraction of sp³-hybridized carbons (Fsp3) is 0.650. The first-order chi connectivity index (χ1) is 11.3. The lowest BCUT2D eigenvalue weighted by atomic mass is 9.77. The maximum absolute atomic E-state index is 13.1. The van der Waals surface area contributed by atoms with Crippen molar-refractivity contribution in [1.82, 2.24) is 10.2 Å². The van der Waals surface area contributed by atoms with Gasteiger partial charge in [0.15, 0.2) is 0 Å². The molecule has 1 amide bonds. The summed E-state index contributed by atoms with van der Waals surface area (Å²) in [6, 6.07) is 9.21. The summed E-state index contributed by atoms with van der Waals surface area (Å²) in [6.45, 7) is 1.89. The van der Waals surface area contributed by atoms with Gasteiger partial charge in [-0.05, 0) is 55.7 Å². The third-order valence-corrected chi connectivity index (χ3v) is 6.07. The fourth-order valence-corrected chi connectivity index (χ4v) is 4.90. The van der Waals surface area contributed by atoms with Gasteiger partial charge in [0.05, 0.1) is 12.1 Å². The lowest BCUT2D eigenvalue weighted by molar-refractivity contribution is -0.137. The van der Waals surface area contributed by atoms with Crippen LogP contribution in [0.25, 0.3) is 0 Å². The van der Waals surface area contributed by atoms with E-state index in [2.05, 4.69) is 34.5 Å². The minimum Gasteiger partial charge on any atom is -0.334 e. The molecule has 1 aliphatic carbocycles. The number of hydrogen-bond acceptors (Lipinski definition) is 2. The molecule has 0 bridgehead atoms. The van der Waals surface area contributed by atoms with Crippen LogP contribution in [0.5, 0.6) is 0 Å². The molecule has 2 aliphatic heterocycles. The zero-order chi connectivity index (χ0) is 15.6. The molecular formula is C20H28N2O. The topological polar surface area (TPSA) is 32.3 Å². The molecule has 3 aliphatic rings. The molecule has 124 valence electrons. The van der Waals surface area contributed by atoms with Crippen LogP contribution in [0.1, 0.15) is 62.1 Å². The van der Waals surface area contributed by atoms with Crippen LogP contribution in [-0.4, -0.2) is 29.9 Å². The molecular weight excluding hydrogens is 284 g/mol. The molecule has 2 heterocycles. The van der Waals surface area contributed by atoms with Gasteiger partial charge < -0.3 is 10.2 Å². The quantitative estimate of drug-likeness (QED) is 0.907. The average molecular weight is 312 g/mol. The Kier molecular flexibility index (Phi) is 4.39. The van der Waals surface area contributed by atoms with Crippen LogP contribution in [0.15, 0.2) is 24.3 Å². The van der Waals surface area contributed by atoms with Crippen LogP contribution in [0.4, 0.5) is 0 Å². The number of hydrogen-bond donors (Lipinski definition) is 1. The number of fused-ring (bicyclic) bond motifs is 1. The number of carbonyl (C=O) groups excluding carboxylic acids is 1. The van der Waals surface area contributed by atoms with Crippen LogP contribution in [0, 0.1) is 5.92 Å². The van der Waals surface area contributed by atoms with E-state index in [0.29, 0.717) is 17.9 Å². The summed E-state index contributed by atoms with van der Waals surface area (Å²) in [5, 5.41) is 3.41. The number of benzene rings is 1. The highest BCUT2D eigenvalue weighted by Gasteiger charge is 2.39. The predicted molar refractivity (Wildman–Crippen MR) is 92.2 cm³/mol. The summed E-state index contributed by atoms with van der Waals surface area (Å²) in [7, 11) is 0. The number of amides is 1. The second-order valence-corrected chi connectivity index (χ2v) is 7.47. The molecule has 1 saturated heterocycles.